The summed E-state index contributed by atoms with van der Waals surface area (Å²) in [6, 6.07) is 9.23. The van der Waals surface area contributed by atoms with E-state index in [1.807, 2.05) is 0 Å². The topological polar surface area (TPSA) is 23.5 Å². The number of nitrogens with zero attached hydrogens (tertiary/aromatic N) is 1. The smallest absolute Gasteiger partial charge is 0.0540 e. The molecule has 1 aromatic rings. The molecule has 0 radical (unpaired) electrons. The zero-order valence-electron chi connectivity index (χ0n) is 13.6. The van der Waals surface area contributed by atoms with Crippen molar-refractivity contribution in [2.75, 3.05) is 19.6 Å². The molecular formula is C20H29NO. The lowest BCUT2D eigenvalue weighted by Gasteiger charge is -2.45. The van der Waals surface area contributed by atoms with Crippen LogP contribution in [0.1, 0.15) is 55.6 Å². The Morgan fingerprint density at radius 2 is 1.68 bits per heavy atom. The second-order valence-corrected chi connectivity index (χ2v) is 7.82. The number of fused-ring (bicyclic) bond motifs is 3. The molecule has 3 saturated heterocycles. The van der Waals surface area contributed by atoms with E-state index >= 15 is 0 Å². The summed E-state index contributed by atoms with van der Waals surface area (Å²) in [7, 11) is 0. The van der Waals surface area contributed by atoms with Gasteiger partial charge >= 0.3 is 0 Å². The molecule has 22 heavy (non-hydrogen) atoms. The van der Waals surface area contributed by atoms with E-state index in [1.165, 1.54) is 51.7 Å². The SMILES string of the molecule is OC1CCC(Cc2ccccc2[C@@H]2CN3CCC2CC3)CC1. The Hall–Kier alpha value is -0.860. The monoisotopic (exact) mass is 299 g/mol. The molecule has 2 heteroatoms. The molecule has 0 unspecified atom stereocenters. The van der Waals surface area contributed by atoms with Gasteiger partial charge in [0.05, 0.1) is 6.10 Å². The number of benzene rings is 1. The third-order valence-corrected chi connectivity index (χ3v) is 6.44. The Morgan fingerprint density at radius 3 is 2.36 bits per heavy atom. The molecule has 0 amide bonds. The normalized spacial score (nSPS) is 38.1. The van der Waals surface area contributed by atoms with Crippen molar-refractivity contribution >= 4 is 0 Å². The van der Waals surface area contributed by atoms with Gasteiger partial charge in [0.15, 0.2) is 0 Å². The Bertz CT molecular complexity index is 498. The maximum atomic E-state index is 9.72. The van der Waals surface area contributed by atoms with E-state index in [-0.39, 0.29) is 6.10 Å². The van der Waals surface area contributed by atoms with Gasteiger partial charge in [-0.15, -0.1) is 0 Å². The van der Waals surface area contributed by atoms with Crippen molar-refractivity contribution in [3.63, 3.8) is 0 Å². The molecule has 0 spiro atoms. The van der Waals surface area contributed by atoms with E-state index in [4.69, 9.17) is 0 Å². The van der Waals surface area contributed by atoms with Crippen LogP contribution in [0.25, 0.3) is 0 Å². The van der Waals surface area contributed by atoms with E-state index in [2.05, 4.69) is 29.2 Å². The van der Waals surface area contributed by atoms with Crippen molar-refractivity contribution in [3.05, 3.63) is 35.4 Å². The number of hydrogen-bond acceptors (Lipinski definition) is 2. The molecule has 3 aliphatic heterocycles. The Balaban J connectivity index is 1.51. The van der Waals surface area contributed by atoms with Crippen molar-refractivity contribution in [3.8, 4) is 0 Å². The van der Waals surface area contributed by atoms with E-state index in [9.17, 15) is 5.11 Å². The first-order chi connectivity index (χ1) is 10.8. The highest BCUT2D eigenvalue weighted by molar-refractivity contribution is 5.32. The highest BCUT2D eigenvalue weighted by Gasteiger charge is 2.36. The van der Waals surface area contributed by atoms with Crippen molar-refractivity contribution in [2.24, 2.45) is 11.8 Å². The van der Waals surface area contributed by atoms with Crippen LogP contribution in [-0.2, 0) is 6.42 Å². The summed E-state index contributed by atoms with van der Waals surface area (Å²) in [5, 5.41) is 9.72. The molecule has 120 valence electrons. The molecule has 4 fully saturated rings. The first kappa shape index (κ1) is 14.7. The van der Waals surface area contributed by atoms with Crippen LogP contribution in [0.15, 0.2) is 24.3 Å². The minimum Gasteiger partial charge on any atom is -0.393 e. The van der Waals surface area contributed by atoms with Gasteiger partial charge in [-0.2, -0.15) is 0 Å². The predicted molar refractivity (Wildman–Crippen MR) is 90.0 cm³/mol. The van der Waals surface area contributed by atoms with Crippen molar-refractivity contribution < 1.29 is 5.11 Å². The average molecular weight is 299 g/mol. The molecule has 2 bridgehead atoms. The second kappa shape index (κ2) is 6.33. The lowest BCUT2D eigenvalue weighted by atomic mass is 9.73. The van der Waals surface area contributed by atoms with E-state index in [0.717, 1.165) is 30.6 Å². The molecule has 1 aromatic carbocycles. The fourth-order valence-corrected chi connectivity index (χ4v) is 5.06. The number of rotatable bonds is 3. The van der Waals surface area contributed by atoms with Crippen LogP contribution in [0.5, 0.6) is 0 Å². The summed E-state index contributed by atoms with van der Waals surface area (Å²) >= 11 is 0. The Kier molecular flexibility index (Phi) is 4.23. The van der Waals surface area contributed by atoms with Crippen LogP contribution in [0, 0.1) is 11.8 Å². The maximum absolute atomic E-state index is 9.72. The largest absolute Gasteiger partial charge is 0.393 e. The van der Waals surface area contributed by atoms with E-state index in [0.29, 0.717) is 0 Å². The number of aliphatic hydroxyl groups excluding tert-OH is 1. The first-order valence-electron chi connectivity index (χ1n) is 9.28. The molecule has 1 atom stereocenters. The van der Waals surface area contributed by atoms with Gasteiger partial charge in [0.25, 0.3) is 0 Å². The fourth-order valence-electron chi connectivity index (χ4n) is 5.06. The van der Waals surface area contributed by atoms with Crippen LogP contribution in [0.3, 0.4) is 0 Å². The molecule has 4 aliphatic rings. The van der Waals surface area contributed by atoms with Crippen molar-refractivity contribution in [2.45, 2.75) is 57.0 Å². The van der Waals surface area contributed by atoms with Gasteiger partial charge in [-0.05, 0) is 86.9 Å². The van der Waals surface area contributed by atoms with Crippen LogP contribution in [-0.4, -0.2) is 35.7 Å². The quantitative estimate of drug-likeness (QED) is 0.922. The van der Waals surface area contributed by atoms with Gasteiger partial charge in [0, 0.05) is 6.54 Å². The molecular weight excluding hydrogens is 270 g/mol. The predicted octanol–water partition coefficient (Wildman–Crippen LogP) is 3.59. The second-order valence-electron chi connectivity index (χ2n) is 7.82. The Morgan fingerprint density at radius 1 is 0.955 bits per heavy atom. The van der Waals surface area contributed by atoms with Gasteiger partial charge in [0.2, 0.25) is 0 Å². The van der Waals surface area contributed by atoms with Crippen molar-refractivity contribution in [1.82, 2.24) is 4.90 Å². The summed E-state index contributed by atoms with van der Waals surface area (Å²) in [6.45, 7) is 3.93. The molecule has 1 saturated carbocycles. The van der Waals surface area contributed by atoms with Crippen LogP contribution < -0.4 is 0 Å². The van der Waals surface area contributed by atoms with E-state index < -0.39 is 0 Å². The lowest BCUT2D eigenvalue weighted by Crippen LogP contribution is -2.46. The minimum absolute atomic E-state index is 0.0339. The fraction of sp³-hybridized carbons (Fsp3) is 0.700. The summed E-state index contributed by atoms with van der Waals surface area (Å²) < 4.78 is 0. The van der Waals surface area contributed by atoms with Gasteiger partial charge < -0.3 is 10.0 Å². The molecule has 3 heterocycles. The van der Waals surface area contributed by atoms with Gasteiger partial charge in [0.1, 0.15) is 0 Å². The third-order valence-electron chi connectivity index (χ3n) is 6.44. The van der Waals surface area contributed by atoms with Crippen LogP contribution in [0.4, 0.5) is 0 Å². The molecule has 1 aliphatic carbocycles. The highest BCUT2D eigenvalue weighted by Crippen LogP contribution is 2.41. The zero-order valence-corrected chi connectivity index (χ0v) is 13.6. The van der Waals surface area contributed by atoms with Gasteiger partial charge in [-0.3, -0.25) is 0 Å². The van der Waals surface area contributed by atoms with Crippen LogP contribution >= 0.6 is 0 Å². The average Bonchev–Trinajstić information content (AvgIpc) is 2.58. The molecule has 5 rings (SSSR count). The summed E-state index contributed by atoms with van der Waals surface area (Å²) in [6.07, 6.45) is 8.41. The number of hydrogen-bond donors (Lipinski definition) is 1. The standard InChI is InChI=1S/C20H29NO/c22-18-7-5-15(6-8-18)13-17-3-1-2-4-19(17)20-14-21-11-9-16(20)10-12-21/h1-4,15-16,18,20,22H,5-14H2/t15?,18?,20-/m1/s1. The lowest BCUT2D eigenvalue weighted by molar-refractivity contribution is 0.0862. The zero-order chi connectivity index (χ0) is 14.9. The highest BCUT2D eigenvalue weighted by atomic mass is 16.3. The molecule has 0 aromatic heterocycles. The molecule has 1 N–H and O–H groups in total. The Labute approximate surface area is 134 Å². The van der Waals surface area contributed by atoms with Gasteiger partial charge in [-0.1, -0.05) is 24.3 Å². The number of piperidine rings is 3. The van der Waals surface area contributed by atoms with Crippen LogP contribution in [0.2, 0.25) is 0 Å². The van der Waals surface area contributed by atoms with Crippen molar-refractivity contribution in [1.29, 1.82) is 0 Å². The minimum atomic E-state index is -0.0339. The number of aliphatic hydroxyl groups is 1. The molecule has 2 nitrogen and oxygen atoms in total. The van der Waals surface area contributed by atoms with E-state index in [1.54, 1.807) is 11.1 Å². The maximum Gasteiger partial charge on any atom is 0.0540 e. The third kappa shape index (κ3) is 2.96. The summed E-state index contributed by atoms with van der Waals surface area (Å²) in [4.78, 5) is 2.67. The summed E-state index contributed by atoms with van der Waals surface area (Å²) in [5.41, 5.74) is 3.24. The summed E-state index contributed by atoms with van der Waals surface area (Å²) in [5.74, 6) is 2.47. The van der Waals surface area contributed by atoms with Gasteiger partial charge in [-0.25, -0.2) is 0 Å². The first-order valence-corrected chi connectivity index (χ1v) is 9.28.